The second-order valence-corrected chi connectivity index (χ2v) is 5.05. The number of phenolic OH excluding ortho intramolecular Hbond substituents is 1. The molecule has 2 rings (SSSR count). The number of thiol groups is 1. The van der Waals surface area contributed by atoms with Gasteiger partial charge in [0.25, 0.3) is 0 Å². The fraction of sp³-hybridized carbons (Fsp3) is 0.188. The fourth-order valence-electron chi connectivity index (χ4n) is 2.08. The summed E-state index contributed by atoms with van der Waals surface area (Å²) in [4.78, 5) is 12.2. The normalized spacial score (nSPS) is 10.4. The van der Waals surface area contributed by atoms with Gasteiger partial charge in [-0.3, -0.25) is 4.79 Å². The van der Waals surface area contributed by atoms with Gasteiger partial charge in [0.1, 0.15) is 5.75 Å². The minimum Gasteiger partial charge on any atom is -0.507 e. The smallest absolute Gasteiger partial charge is 0.310 e. The Balaban J connectivity index is 2.40. The molecule has 2 aromatic carbocycles. The van der Waals surface area contributed by atoms with E-state index in [4.69, 9.17) is 10.5 Å². The molecule has 21 heavy (non-hydrogen) atoms. The molecule has 110 valence electrons. The Bertz CT molecular complexity index is 671. The number of para-hydroxylation sites is 1. The molecule has 0 atom stereocenters. The molecular formula is C16H17NO3S. The lowest BCUT2D eigenvalue weighted by Crippen LogP contribution is -2.07. The van der Waals surface area contributed by atoms with Gasteiger partial charge >= 0.3 is 5.97 Å². The van der Waals surface area contributed by atoms with E-state index in [-0.39, 0.29) is 18.1 Å². The topological polar surface area (TPSA) is 72.5 Å². The van der Waals surface area contributed by atoms with Crippen LogP contribution in [-0.2, 0) is 16.0 Å². The first-order chi connectivity index (χ1) is 10.0. The maximum Gasteiger partial charge on any atom is 0.310 e. The van der Waals surface area contributed by atoms with Crippen molar-refractivity contribution in [3.8, 4) is 16.9 Å². The van der Waals surface area contributed by atoms with Crippen molar-refractivity contribution in [3.05, 3.63) is 42.0 Å². The van der Waals surface area contributed by atoms with Gasteiger partial charge in [-0.25, -0.2) is 0 Å². The molecule has 2 aromatic rings. The summed E-state index contributed by atoms with van der Waals surface area (Å²) in [5.74, 6) is -0.196. The number of rotatable bonds is 4. The number of hydrogen-bond acceptors (Lipinski definition) is 5. The number of anilines is 1. The number of benzene rings is 2. The van der Waals surface area contributed by atoms with Gasteiger partial charge in [0, 0.05) is 16.0 Å². The van der Waals surface area contributed by atoms with Crippen molar-refractivity contribution in [2.24, 2.45) is 0 Å². The first kappa shape index (κ1) is 15.3. The number of ether oxygens (including phenoxy) is 1. The van der Waals surface area contributed by atoms with Crippen molar-refractivity contribution in [1.82, 2.24) is 0 Å². The van der Waals surface area contributed by atoms with Gasteiger partial charge in [-0.1, -0.05) is 18.2 Å². The van der Waals surface area contributed by atoms with Gasteiger partial charge in [0.15, 0.2) is 0 Å². The molecule has 0 heterocycles. The predicted octanol–water partition coefficient (Wildman–Crippen LogP) is 3.04. The zero-order valence-corrected chi connectivity index (χ0v) is 12.6. The molecule has 0 spiro atoms. The largest absolute Gasteiger partial charge is 0.507 e. The first-order valence-electron chi connectivity index (χ1n) is 6.58. The van der Waals surface area contributed by atoms with Crippen LogP contribution in [0.4, 0.5) is 5.69 Å². The van der Waals surface area contributed by atoms with E-state index >= 15 is 0 Å². The molecule has 0 aliphatic heterocycles. The zero-order chi connectivity index (χ0) is 15.4. The number of carbonyl (C=O) groups excluding carboxylic acids is 1. The lowest BCUT2D eigenvalue weighted by atomic mass is 9.99. The maximum atomic E-state index is 11.5. The third-order valence-electron chi connectivity index (χ3n) is 3.09. The first-order valence-corrected chi connectivity index (χ1v) is 7.03. The highest BCUT2D eigenvalue weighted by atomic mass is 32.1. The van der Waals surface area contributed by atoms with Crippen molar-refractivity contribution in [2.75, 3.05) is 12.3 Å². The maximum absolute atomic E-state index is 11.5. The summed E-state index contributed by atoms with van der Waals surface area (Å²) in [6.07, 6.45) is 0.154. The Morgan fingerprint density at radius 2 is 2.05 bits per heavy atom. The molecule has 5 heteroatoms. The van der Waals surface area contributed by atoms with Crippen LogP contribution in [0, 0.1) is 0 Å². The second-order valence-electron chi connectivity index (χ2n) is 4.57. The molecule has 0 amide bonds. The average molecular weight is 303 g/mol. The van der Waals surface area contributed by atoms with E-state index in [1.165, 1.54) is 0 Å². The van der Waals surface area contributed by atoms with Gasteiger partial charge in [-0.05, 0) is 30.7 Å². The Kier molecular flexibility index (Phi) is 4.75. The Hall–Kier alpha value is -2.14. The van der Waals surface area contributed by atoms with Gasteiger partial charge in [0.2, 0.25) is 0 Å². The molecular weight excluding hydrogens is 286 g/mol. The lowest BCUT2D eigenvalue weighted by Gasteiger charge is -2.11. The highest BCUT2D eigenvalue weighted by Gasteiger charge is 2.12. The monoisotopic (exact) mass is 303 g/mol. The number of esters is 1. The average Bonchev–Trinajstić information content (AvgIpc) is 2.44. The third kappa shape index (κ3) is 3.49. The number of hydrogen-bond donors (Lipinski definition) is 3. The predicted molar refractivity (Wildman–Crippen MR) is 85.5 cm³/mol. The highest BCUT2D eigenvalue weighted by molar-refractivity contribution is 7.80. The van der Waals surface area contributed by atoms with Gasteiger partial charge in [0.05, 0.1) is 18.7 Å². The van der Waals surface area contributed by atoms with E-state index in [9.17, 15) is 9.90 Å². The van der Waals surface area contributed by atoms with E-state index in [0.29, 0.717) is 28.3 Å². The summed E-state index contributed by atoms with van der Waals surface area (Å²) in [7, 11) is 0. The van der Waals surface area contributed by atoms with Gasteiger partial charge < -0.3 is 15.6 Å². The van der Waals surface area contributed by atoms with Crippen LogP contribution < -0.4 is 5.73 Å². The molecule has 0 radical (unpaired) electrons. The van der Waals surface area contributed by atoms with Crippen LogP contribution in [0.2, 0.25) is 0 Å². The van der Waals surface area contributed by atoms with Crippen molar-refractivity contribution in [1.29, 1.82) is 0 Å². The number of nitrogen functional groups attached to an aromatic ring is 1. The van der Waals surface area contributed by atoms with Crippen LogP contribution in [0.15, 0.2) is 41.3 Å². The quantitative estimate of drug-likeness (QED) is 0.461. The summed E-state index contributed by atoms with van der Waals surface area (Å²) in [5, 5.41) is 10.0. The summed E-state index contributed by atoms with van der Waals surface area (Å²) in [6, 6.07) is 10.4. The standard InChI is InChI=1S/C16H17NO3S/c1-2-20-15(19)9-10-6-7-13(18)12(8-10)11-4-3-5-14(21)16(11)17/h3-8,18,21H,2,9,17H2,1H3. The van der Waals surface area contributed by atoms with E-state index in [1.807, 2.05) is 6.07 Å². The van der Waals surface area contributed by atoms with E-state index in [1.54, 1.807) is 37.3 Å². The van der Waals surface area contributed by atoms with Crippen molar-refractivity contribution >= 4 is 24.3 Å². The molecule has 0 aliphatic carbocycles. The van der Waals surface area contributed by atoms with Gasteiger partial charge in [-0.2, -0.15) is 0 Å². The Labute approximate surface area is 129 Å². The van der Waals surface area contributed by atoms with Crippen LogP contribution in [0.5, 0.6) is 5.75 Å². The molecule has 0 saturated carbocycles. The van der Waals surface area contributed by atoms with E-state index in [2.05, 4.69) is 12.6 Å². The fourth-order valence-corrected chi connectivity index (χ4v) is 2.28. The SMILES string of the molecule is CCOC(=O)Cc1ccc(O)c(-c2cccc(S)c2N)c1. The molecule has 4 nitrogen and oxygen atoms in total. The summed E-state index contributed by atoms with van der Waals surface area (Å²) in [5.41, 5.74) is 8.51. The van der Waals surface area contributed by atoms with E-state index in [0.717, 1.165) is 5.56 Å². The number of phenols is 1. The van der Waals surface area contributed by atoms with Crippen LogP contribution in [0.25, 0.3) is 11.1 Å². The lowest BCUT2D eigenvalue weighted by molar-refractivity contribution is -0.142. The molecule has 0 fully saturated rings. The van der Waals surface area contributed by atoms with Crippen LogP contribution in [0.1, 0.15) is 12.5 Å². The molecule has 0 saturated heterocycles. The van der Waals surface area contributed by atoms with Gasteiger partial charge in [-0.15, -0.1) is 12.6 Å². The second kappa shape index (κ2) is 6.54. The van der Waals surface area contributed by atoms with Crippen molar-refractivity contribution in [3.63, 3.8) is 0 Å². The van der Waals surface area contributed by atoms with Crippen molar-refractivity contribution < 1.29 is 14.6 Å². The zero-order valence-electron chi connectivity index (χ0n) is 11.7. The highest BCUT2D eigenvalue weighted by Crippen LogP contribution is 2.36. The number of nitrogens with two attached hydrogens (primary N) is 1. The summed E-state index contributed by atoms with van der Waals surface area (Å²) in [6.45, 7) is 2.11. The minimum absolute atomic E-state index is 0.105. The van der Waals surface area contributed by atoms with Crippen LogP contribution in [-0.4, -0.2) is 17.7 Å². The third-order valence-corrected chi connectivity index (χ3v) is 3.48. The summed E-state index contributed by atoms with van der Waals surface area (Å²) >= 11 is 4.28. The van der Waals surface area contributed by atoms with Crippen LogP contribution >= 0.6 is 12.6 Å². The molecule has 3 N–H and O–H groups in total. The van der Waals surface area contributed by atoms with Crippen LogP contribution in [0.3, 0.4) is 0 Å². The van der Waals surface area contributed by atoms with E-state index < -0.39 is 0 Å². The Morgan fingerprint density at radius 1 is 1.29 bits per heavy atom. The Morgan fingerprint density at radius 3 is 2.76 bits per heavy atom. The summed E-state index contributed by atoms with van der Waals surface area (Å²) < 4.78 is 4.93. The minimum atomic E-state index is -0.301. The number of carbonyl (C=O) groups is 1. The molecule has 0 aromatic heterocycles. The molecule has 0 aliphatic rings. The van der Waals surface area contributed by atoms with Crippen molar-refractivity contribution in [2.45, 2.75) is 18.2 Å². The molecule has 0 bridgehead atoms. The molecule has 0 unspecified atom stereocenters. The number of aromatic hydroxyl groups is 1.